The number of likely N-dealkylation sites (tertiary alicyclic amines) is 1. The maximum Gasteiger partial charge on any atom is 0.245 e. The summed E-state index contributed by atoms with van der Waals surface area (Å²) >= 11 is 1.38. The van der Waals surface area contributed by atoms with Crippen LogP contribution in [-0.4, -0.2) is 80.6 Å². The fourth-order valence-electron chi connectivity index (χ4n) is 3.59. The van der Waals surface area contributed by atoms with Crippen molar-refractivity contribution in [2.75, 3.05) is 52.1 Å². The number of hydrogen-bond acceptors (Lipinski definition) is 5. The summed E-state index contributed by atoms with van der Waals surface area (Å²) in [7, 11) is -1.41. The molecule has 1 aromatic heterocycles. The van der Waals surface area contributed by atoms with Gasteiger partial charge in [0.05, 0.1) is 44.0 Å². The van der Waals surface area contributed by atoms with Gasteiger partial charge in [0.25, 0.3) is 0 Å². The van der Waals surface area contributed by atoms with Crippen molar-refractivity contribution < 1.29 is 18.1 Å². The van der Waals surface area contributed by atoms with Gasteiger partial charge in [0.15, 0.2) is 0 Å². The van der Waals surface area contributed by atoms with Gasteiger partial charge in [-0.05, 0) is 25.0 Å². The van der Waals surface area contributed by atoms with Gasteiger partial charge in [-0.15, -0.1) is 0 Å². The van der Waals surface area contributed by atoms with Crippen molar-refractivity contribution in [2.24, 2.45) is 0 Å². The van der Waals surface area contributed by atoms with E-state index >= 15 is 0 Å². The first-order valence-electron chi connectivity index (χ1n) is 10.1. The Kier molecular flexibility index (Phi) is 7.73. The Morgan fingerprint density at radius 2 is 1.71 bits per heavy atom. The standard InChI is InChI=1S/C19H30N4O3S2/c1-21-11-13-23(14-12-21)28(25,26)17-7-8-18(20-15-17)27-16-19(24)22-9-5-3-2-4-6-10-22/h7-8,15H,2-6,9-14,16H2,1H3/p+1. The van der Waals surface area contributed by atoms with Crippen LogP contribution in [0.2, 0.25) is 0 Å². The number of nitrogens with one attached hydrogen (secondary N) is 1. The number of carbonyl (C=O) groups is 1. The van der Waals surface area contributed by atoms with E-state index in [-0.39, 0.29) is 10.8 Å². The molecule has 0 atom stereocenters. The van der Waals surface area contributed by atoms with E-state index in [2.05, 4.69) is 12.0 Å². The summed E-state index contributed by atoms with van der Waals surface area (Å²) in [4.78, 5) is 20.3. The topological polar surface area (TPSA) is 75.0 Å². The van der Waals surface area contributed by atoms with Gasteiger partial charge in [-0.1, -0.05) is 31.0 Å². The van der Waals surface area contributed by atoms with Crippen LogP contribution in [0.25, 0.3) is 0 Å². The molecule has 0 aliphatic carbocycles. The normalized spacial score (nSPS) is 20.5. The van der Waals surface area contributed by atoms with E-state index in [0.717, 1.165) is 39.0 Å². The zero-order valence-electron chi connectivity index (χ0n) is 16.6. The number of carbonyl (C=O) groups excluding carboxylic acids is 1. The minimum atomic E-state index is -3.49. The maximum absolute atomic E-state index is 12.7. The van der Waals surface area contributed by atoms with E-state index < -0.39 is 10.0 Å². The SMILES string of the molecule is C[NH+]1CCN(S(=O)(=O)c2ccc(SCC(=O)N3CCCCCCC3)nc2)CC1. The lowest BCUT2D eigenvalue weighted by molar-refractivity contribution is -0.883. The Bertz CT molecular complexity index is 739. The zero-order valence-corrected chi connectivity index (χ0v) is 18.2. The van der Waals surface area contributed by atoms with Gasteiger partial charge in [0, 0.05) is 19.3 Å². The second kappa shape index (κ2) is 10.0. The summed E-state index contributed by atoms with van der Waals surface area (Å²) in [5.74, 6) is 0.491. The molecule has 3 rings (SSSR count). The van der Waals surface area contributed by atoms with Crippen molar-refractivity contribution in [2.45, 2.75) is 42.0 Å². The minimum Gasteiger partial charge on any atom is -0.342 e. The second-order valence-electron chi connectivity index (χ2n) is 7.63. The van der Waals surface area contributed by atoms with E-state index in [1.807, 2.05) is 4.90 Å². The molecule has 0 radical (unpaired) electrons. The first-order valence-corrected chi connectivity index (χ1v) is 12.6. The van der Waals surface area contributed by atoms with Gasteiger partial charge in [-0.2, -0.15) is 4.31 Å². The molecule has 0 spiro atoms. The van der Waals surface area contributed by atoms with Crippen molar-refractivity contribution in [3.8, 4) is 0 Å². The van der Waals surface area contributed by atoms with E-state index in [1.165, 1.54) is 46.4 Å². The van der Waals surface area contributed by atoms with Crippen molar-refractivity contribution in [3.05, 3.63) is 18.3 Å². The van der Waals surface area contributed by atoms with Crippen LogP contribution >= 0.6 is 11.8 Å². The van der Waals surface area contributed by atoms with Crippen molar-refractivity contribution in [3.63, 3.8) is 0 Å². The third-order valence-electron chi connectivity index (χ3n) is 5.48. The molecule has 1 amide bonds. The highest BCUT2D eigenvalue weighted by Gasteiger charge is 2.29. The summed E-state index contributed by atoms with van der Waals surface area (Å²) < 4.78 is 27.0. The van der Waals surface area contributed by atoms with Crippen LogP contribution in [0.1, 0.15) is 32.1 Å². The Morgan fingerprint density at radius 1 is 1.07 bits per heavy atom. The molecule has 1 N–H and O–H groups in total. The first-order chi connectivity index (χ1) is 13.5. The van der Waals surface area contributed by atoms with Gasteiger partial charge in [0.1, 0.15) is 4.90 Å². The van der Waals surface area contributed by atoms with Gasteiger partial charge in [0.2, 0.25) is 15.9 Å². The number of thioether (sulfide) groups is 1. The lowest BCUT2D eigenvalue weighted by Gasteiger charge is -2.29. The summed E-state index contributed by atoms with van der Waals surface area (Å²) in [5, 5.41) is 0.683. The summed E-state index contributed by atoms with van der Waals surface area (Å²) in [6.07, 6.45) is 7.24. The molecule has 0 unspecified atom stereocenters. The smallest absolute Gasteiger partial charge is 0.245 e. The fourth-order valence-corrected chi connectivity index (χ4v) is 5.72. The molecular weight excluding hydrogens is 396 g/mol. The highest BCUT2D eigenvalue weighted by atomic mass is 32.2. The minimum absolute atomic E-state index is 0.144. The van der Waals surface area contributed by atoms with Crippen molar-refractivity contribution in [1.29, 1.82) is 0 Å². The Hall–Kier alpha value is -1.16. The number of likely N-dealkylation sites (N-methyl/N-ethyl adjacent to an activating group) is 1. The Morgan fingerprint density at radius 3 is 2.32 bits per heavy atom. The highest BCUT2D eigenvalue weighted by molar-refractivity contribution is 7.99. The molecule has 156 valence electrons. The largest absolute Gasteiger partial charge is 0.342 e. The predicted octanol–water partition coefficient (Wildman–Crippen LogP) is 0.485. The maximum atomic E-state index is 12.7. The lowest BCUT2D eigenvalue weighted by atomic mass is 10.1. The molecule has 0 bridgehead atoms. The van der Waals surface area contributed by atoms with Crippen LogP contribution in [0.15, 0.2) is 28.3 Å². The van der Waals surface area contributed by atoms with Gasteiger partial charge >= 0.3 is 0 Å². The number of piperazine rings is 1. The second-order valence-corrected chi connectivity index (χ2v) is 10.6. The molecule has 2 saturated heterocycles. The number of nitrogens with zero attached hydrogens (tertiary/aromatic N) is 3. The number of pyridine rings is 1. The summed E-state index contributed by atoms with van der Waals surface area (Å²) in [5.41, 5.74) is 0. The number of rotatable bonds is 5. The molecule has 28 heavy (non-hydrogen) atoms. The molecule has 0 aromatic carbocycles. The van der Waals surface area contributed by atoms with Crippen molar-refractivity contribution >= 4 is 27.7 Å². The molecular formula is C19H31N4O3S2+. The van der Waals surface area contributed by atoms with Gasteiger partial charge < -0.3 is 9.80 Å². The molecule has 1 aromatic rings. The number of sulfonamides is 1. The van der Waals surface area contributed by atoms with E-state index in [9.17, 15) is 13.2 Å². The average Bonchev–Trinajstić information content (AvgIpc) is 2.66. The lowest BCUT2D eigenvalue weighted by Crippen LogP contribution is -3.12. The predicted molar refractivity (Wildman–Crippen MR) is 110 cm³/mol. The van der Waals surface area contributed by atoms with Gasteiger partial charge in [-0.3, -0.25) is 4.79 Å². The summed E-state index contributed by atoms with van der Waals surface area (Å²) in [6, 6.07) is 3.32. The van der Waals surface area contributed by atoms with Crippen LogP contribution in [0, 0.1) is 0 Å². The number of quaternary nitrogens is 1. The average molecular weight is 428 g/mol. The van der Waals surface area contributed by atoms with Gasteiger partial charge in [-0.25, -0.2) is 13.4 Å². The third-order valence-corrected chi connectivity index (χ3v) is 8.29. The summed E-state index contributed by atoms with van der Waals surface area (Å²) in [6.45, 7) is 4.40. The molecule has 7 nitrogen and oxygen atoms in total. The molecule has 2 aliphatic heterocycles. The Balaban J connectivity index is 1.54. The quantitative estimate of drug-likeness (QED) is 0.692. The van der Waals surface area contributed by atoms with E-state index in [1.54, 1.807) is 12.1 Å². The molecule has 2 aliphatic rings. The molecule has 9 heteroatoms. The monoisotopic (exact) mass is 427 g/mol. The third kappa shape index (κ3) is 5.68. The fraction of sp³-hybridized carbons (Fsp3) is 0.684. The molecule has 0 saturated carbocycles. The van der Waals surface area contributed by atoms with Crippen LogP contribution in [0.4, 0.5) is 0 Å². The highest BCUT2D eigenvalue weighted by Crippen LogP contribution is 2.21. The molecule has 3 heterocycles. The van der Waals surface area contributed by atoms with Crippen LogP contribution in [0.5, 0.6) is 0 Å². The van der Waals surface area contributed by atoms with Crippen LogP contribution < -0.4 is 4.90 Å². The molecule has 2 fully saturated rings. The van der Waals surface area contributed by atoms with E-state index in [4.69, 9.17) is 0 Å². The first kappa shape index (κ1) is 21.5. The number of hydrogen-bond donors (Lipinski definition) is 1. The van der Waals surface area contributed by atoms with Crippen molar-refractivity contribution in [1.82, 2.24) is 14.2 Å². The van der Waals surface area contributed by atoms with E-state index in [0.29, 0.717) is 23.9 Å². The van der Waals surface area contributed by atoms with Crippen LogP contribution in [0.3, 0.4) is 0 Å². The zero-order chi connectivity index (χ0) is 20.0. The van der Waals surface area contributed by atoms with Crippen LogP contribution in [-0.2, 0) is 14.8 Å². The number of aromatic nitrogens is 1. The number of amides is 1. The Labute approximate surface area is 172 Å².